The summed E-state index contributed by atoms with van der Waals surface area (Å²) < 4.78 is 34.5. The van der Waals surface area contributed by atoms with Crippen LogP contribution in [0.4, 0.5) is 0 Å². The van der Waals surface area contributed by atoms with Gasteiger partial charge in [-0.25, -0.2) is 13.1 Å². The van der Waals surface area contributed by atoms with E-state index in [9.17, 15) is 13.2 Å². The third-order valence-corrected chi connectivity index (χ3v) is 5.73. The number of hydrogen-bond donors (Lipinski definition) is 1. The third-order valence-electron chi connectivity index (χ3n) is 4.09. The minimum Gasteiger partial charge on any atom is -0.483 e. The molecule has 0 bridgehead atoms. The Morgan fingerprint density at radius 3 is 2.54 bits per heavy atom. The van der Waals surface area contributed by atoms with Gasteiger partial charge in [-0.3, -0.25) is 4.79 Å². The van der Waals surface area contributed by atoms with Crippen LogP contribution >= 0.6 is 11.6 Å². The lowest BCUT2D eigenvalue weighted by molar-refractivity contribution is 0.300. The highest BCUT2D eigenvalue weighted by Crippen LogP contribution is 2.16. The number of sulfonamides is 1. The van der Waals surface area contributed by atoms with E-state index >= 15 is 0 Å². The lowest BCUT2D eigenvalue weighted by Gasteiger charge is -2.13. The van der Waals surface area contributed by atoms with Gasteiger partial charge in [-0.1, -0.05) is 48.0 Å². The van der Waals surface area contributed by atoms with Crippen LogP contribution in [0.25, 0.3) is 0 Å². The maximum absolute atomic E-state index is 12.4. The number of ether oxygens (including phenoxy) is 1. The first-order valence-electron chi connectivity index (χ1n) is 8.47. The summed E-state index contributed by atoms with van der Waals surface area (Å²) in [6.07, 6.45) is 1.55. The van der Waals surface area contributed by atoms with Crippen molar-refractivity contribution in [3.63, 3.8) is 0 Å². The molecule has 2 aromatic carbocycles. The third kappa shape index (κ3) is 5.01. The maximum atomic E-state index is 12.4. The van der Waals surface area contributed by atoms with Crippen LogP contribution in [-0.2, 0) is 30.2 Å². The van der Waals surface area contributed by atoms with Crippen molar-refractivity contribution in [3.05, 3.63) is 93.4 Å². The molecule has 0 unspecified atom stereocenters. The van der Waals surface area contributed by atoms with E-state index < -0.39 is 10.0 Å². The number of aryl methyl sites for hydroxylation is 1. The van der Waals surface area contributed by atoms with Gasteiger partial charge in [0.15, 0.2) is 5.75 Å². The van der Waals surface area contributed by atoms with Gasteiger partial charge in [0.05, 0.1) is 17.6 Å². The molecule has 0 aliphatic heterocycles. The largest absolute Gasteiger partial charge is 0.483 e. The zero-order chi connectivity index (χ0) is 20.1. The summed E-state index contributed by atoms with van der Waals surface area (Å²) in [6, 6.07) is 16.8. The van der Waals surface area contributed by atoms with Crippen molar-refractivity contribution in [2.24, 2.45) is 7.05 Å². The van der Waals surface area contributed by atoms with Crippen molar-refractivity contribution in [2.75, 3.05) is 0 Å². The summed E-state index contributed by atoms with van der Waals surface area (Å²) in [5, 5.41) is 0.329. The monoisotopic (exact) mass is 418 g/mol. The fraction of sp³-hybridized carbons (Fsp3) is 0.150. The van der Waals surface area contributed by atoms with Crippen molar-refractivity contribution in [2.45, 2.75) is 18.0 Å². The fourth-order valence-corrected chi connectivity index (χ4v) is 3.85. The van der Waals surface area contributed by atoms with E-state index in [1.165, 1.54) is 18.2 Å². The molecule has 0 spiro atoms. The van der Waals surface area contributed by atoms with Crippen molar-refractivity contribution in [1.82, 2.24) is 9.29 Å². The molecule has 3 rings (SSSR count). The first-order chi connectivity index (χ1) is 13.3. The Labute approximate surface area is 168 Å². The second-order valence-electron chi connectivity index (χ2n) is 6.16. The second-order valence-corrected chi connectivity index (χ2v) is 8.36. The van der Waals surface area contributed by atoms with Crippen LogP contribution in [0.15, 0.2) is 76.6 Å². The Hall–Kier alpha value is -2.61. The average molecular weight is 419 g/mol. The molecule has 28 heavy (non-hydrogen) atoms. The topological polar surface area (TPSA) is 77.4 Å². The number of nitrogens with one attached hydrogen (secondary N) is 1. The molecule has 3 aromatic rings. The predicted molar refractivity (Wildman–Crippen MR) is 108 cm³/mol. The molecule has 146 valence electrons. The van der Waals surface area contributed by atoms with Crippen molar-refractivity contribution < 1.29 is 13.2 Å². The number of nitrogens with zero attached hydrogens (tertiary/aromatic N) is 1. The molecule has 6 nitrogen and oxygen atoms in total. The van der Waals surface area contributed by atoms with Crippen molar-refractivity contribution >= 4 is 21.6 Å². The van der Waals surface area contributed by atoms with Crippen LogP contribution in [0.5, 0.6) is 5.75 Å². The Balaban J connectivity index is 1.71. The molecule has 0 saturated carbocycles. The molecule has 1 N–H and O–H groups in total. The molecule has 0 fully saturated rings. The van der Waals surface area contributed by atoms with E-state index in [4.69, 9.17) is 16.3 Å². The van der Waals surface area contributed by atoms with Gasteiger partial charge >= 0.3 is 0 Å². The summed E-state index contributed by atoms with van der Waals surface area (Å²) in [5.74, 6) is 0.202. The predicted octanol–water partition coefficient (Wildman–Crippen LogP) is 3.10. The Bertz CT molecular complexity index is 1130. The van der Waals surface area contributed by atoms with Crippen molar-refractivity contribution in [1.29, 1.82) is 0 Å². The Kier molecular flexibility index (Phi) is 6.18. The maximum Gasteiger partial charge on any atom is 0.240 e. The molecule has 8 heteroatoms. The number of benzene rings is 2. The molecular formula is C20H19ClN2O4S. The number of pyridine rings is 1. The molecule has 1 heterocycles. The number of rotatable bonds is 7. The summed E-state index contributed by atoms with van der Waals surface area (Å²) >= 11 is 5.85. The molecule has 0 saturated heterocycles. The average Bonchev–Trinajstić information content (AvgIpc) is 2.68. The summed E-state index contributed by atoms with van der Waals surface area (Å²) in [6.45, 7) is 0.233. The Morgan fingerprint density at radius 2 is 1.82 bits per heavy atom. The van der Waals surface area contributed by atoms with Crippen LogP contribution in [0.3, 0.4) is 0 Å². The Morgan fingerprint density at radius 1 is 1.07 bits per heavy atom. The molecule has 0 aliphatic rings. The van der Waals surface area contributed by atoms with Crippen molar-refractivity contribution in [3.8, 4) is 5.75 Å². The second kappa shape index (κ2) is 8.60. The fourth-order valence-electron chi connectivity index (χ4n) is 2.55. The van der Waals surface area contributed by atoms with Gasteiger partial charge in [-0.2, -0.15) is 0 Å². The van der Waals surface area contributed by atoms with Crippen LogP contribution in [0.2, 0.25) is 5.02 Å². The first kappa shape index (κ1) is 20.1. The zero-order valence-corrected chi connectivity index (χ0v) is 16.7. The molecular weight excluding hydrogens is 400 g/mol. The van der Waals surface area contributed by atoms with E-state index in [0.717, 1.165) is 5.56 Å². The SMILES string of the molecule is Cn1cc(OCc2ccccc2)c(=O)cc1CNS(=O)(=O)c1cccc(Cl)c1. The molecule has 0 atom stereocenters. The molecule has 1 aromatic heterocycles. The minimum atomic E-state index is -3.75. The van der Waals surface area contributed by atoms with Gasteiger partial charge in [-0.15, -0.1) is 0 Å². The van der Waals surface area contributed by atoms with E-state index in [-0.39, 0.29) is 29.2 Å². The lowest BCUT2D eigenvalue weighted by Crippen LogP contribution is -2.26. The standard InChI is InChI=1S/C20H19ClN2O4S/c1-23-13-20(27-14-15-6-3-2-4-7-15)19(24)11-17(23)12-22-28(25,26)18-9-5-8-16(21)10-18/h2-11,13,22H,12,14H2,1H3. The molecule has 0 radical (unpaired) electrons. The van der Waals surface area contributed by atoms with E-state index in [1.807, 2.05) is 30.3 Å². The van der Waals surface area contributed by atoms with Gasteiger partial charge in [0.2, 0.25) is 15.5 Å². The highest BCUT2D eigenvalue weighted by atomic mass is 35.5. The normalized spacial score (nSPS) is 11.4. The first-order valence-corrected chi connectivity index (χ1v) is 10.3. The van der Waals surface area contributed by atoms with Crippen LogP contribution in [0.1, 0.15) is 11.3 Å². The summed E-state index contributed by atoms with van der Waals surface area (Å²) in [5.41, 5.74) is 1.14. The van der Waals surface area contributed by atoms with E-state index in [1.54, 1.807) is 29.9 Å². The van der Waals surface area contributed by atoms with Gasteiger partial charge in [0.1, 0.15) is 6.61 Å². The van der Waals surface area contributed by atoms with E-state index in [2.05, 4.69) is 4.72 Å². The lowest BCUT2D eigenvalue weighted by atomic mass is 10.2. The quantitative estimate of drug-likeness (QED) is 0.639. The summed E-state index contributed by atoms with van der Waals surface area (Å²) in [7, 11) is -2.03. The number of hydrogen-bond acceptors (Lipinski definition) is 4. The van der Waals surface area contributed by atoms with Gasteiger partial charge in [0, 0.05) is 23.8 Å². The van der Waals surface area contributed by atoms with Crippen LogP contribution in [0, 0.1) is 0 Å². The van der Waals surface area contributed by atoms with E-state index in [0.29, 0.717) is 10.7 Å². The zero-order valence-electron chi connectivity index (χ0n) is 15.1. The van der Waals surface area contributed by atoms with Gasteiger partial charge in [-0.05, 0) is 23.8 Å². The summed E-state index contributed by atoms with van der Waals surface area (Å²) in [4.78, 5) is 12.4. The smallest absolute Gasteiger partial charge is 0.240 e. The number of halogens is 1. The van der Waals surface area contributed by atoms with Crippen LogP contribution < -0.4 is 14.9 Å². The molecule has 0 aliphatic carbocycles. The van der Waals surface area contributed by atoms with Crippen LogP contribution in [-0.4, -0.2) is 13.0 Å². The number of aromatic nitrogens is 1. The molecule has 0 amide bonds. The van der Waals surface area contributed by atoms with Gasteiger partial charge in [0.25, 0.3) is 0 Å². The minimum absolute atomic E-state index is 0.0421. The highest BCUT2D eigenvalue weighted by molar-refractivity contribution is 7.89. The highest BCUT2D eigenvalue weighted by Gasteiger charge is 2.15. The van der Waals surface area contributed by atoms with Gasteiger partial charge < -0.3 is 9.30 Å².